The lowest BCUT2D eigenvalue weighted by atomic mass is 10.3. The van der Waals surface area contributed by atoms with Gasteiger partial charge in [-0.15, -0.1) is 11.3 Å². The van der Waals surface area contributed by atoms with Gasteiger partial charge in [0.25, 0.3) is 0 Å². The molecule has 2 heterocycles. The molecule has 0 spiro atoms. The third kappa shape index (κ3) is 3.04. The largest absolute Gasteiger partial charge is 0.354 e. The standard InChI is InChI=1S/C12H14BrN3S/c1-9-11(17-8-15-9)7-16(2)12-4-3-10(5-13)6-14-12/h3-4,6,8H,5,7H2,1-2H3. The Balaban J connectivity index is 2.09. The number of nitrogens with zero attached hydrogens (tertiary/aromatic N) is 3. The van der Waals surface area contributed by atoms with Crippen molar-refractivity contribution in [1.29, 1.82) is 0 Å². The Hall–Kier alpha value is -0.940. The molecular formula is C12H14BrN3S. The Morgan fingerprint density at radius 2 is 2.18 bits per heavy atom. The van der Waals surface area contributed by atoms with Gasteiger partial charge in [0.1, 0.15) is 5.82 Å². The van der Waals surface area contributed by atoms with Gasteiger partial charge in [-0.25, -0.2) is 9.97 Å². The Kier molecular flexibility index (Phi) is 4.12. The molecule has 5 heteroatoms. The minimum absolute atomic E-state index is 0.845. The SMILES string of the molecule is Cc1ncsc1CN(C)c1ccc(CBr)cn1. The molecule has 0 N–H and O–H groups in total. The van der Waals surface area contributed by atoms with Crippen LogP contribution in [0.15, 0.2) is 23.8 Å². The minimum atomic E-state index is 0.845. The van der Waals surface area contributed by atoms with Crippen LogP contribution in [0.2, 0.25) is 0 Å². The first-order valence-corrected chi connectivity index (χ1v) is 7.32. The number of pyridine rings is 1. The second-order valence-electron chi connectivity index (χ2n) is 3.88. The van der Waals surface area contributed by atoms with Crippen molar-refractivity contribution in [3.8, 4) is 0 Å². The van der Waals surface area contributed by atoms with E-state index in [0.29, 0.717) is 0 Å². The molecule has 2 aromatic rings. The highest BCUT2D eigenvalue weighted by Crippen LogP contribution is 2.18. The predicted octanol–water partition coefficient (Wildman–Crippen LogP) is 3.38. The van der Waals surface area contributed by atoms with Gasteiger partial charge >= 0.3 is 0 Å². The number of aryl methyl sites for hydroxylation is 1. The summed E-state index contributed by atoms with van der Waals surface area (Å²) in [7, 11) is 2.05. The van der Waals surface area contributed by atoms with Crippen LogP contribution in [0.1, 0.15) is 16.1 Å². The van der Waals surface area contributed by atoms with Crippen LogP contribution >= 0.6 is 27.3 Å². The smallest absolute Gasteiger partial charge is 0.128 e. The molecule has 2 aromatic heterocycles. The molecular weight excluding hydrogens is 298 g/mol. The molecule has 0 amide bonds. The van der Waals surface area contributed by atoms with Gasteiger partial charge < -0.3 is 4.90 Å². The van der Waals surface area contributed by atoms with Gasteiger partial charge in [0, 0.05) is 23.5 Å². The Bertz CT molecular complexity index is 481. The van der Waals surface area contributed by atoms with E-state index in [9.17, 15) is 0 Å². The minimum Gasteiger partial charge on any atom is -0.354 e. The highest BCUT2D eigenvalue weighted by molar-refractivity contribution is 9.08. The quantitative estimate of drug-likeness (QED) is 0.811. The summed E-state index contributed by atoms with van der Waals surface area (Å²) < 4.78 is 0. The van der Waals surface area contributed by atoms with E-state index in [1.807, 2.05) is 24.7 Å². The average Bonchev–Trinajstić information content (AvgIpc) is 2.75. The molecule has 0 radical (unpaired) electrons. The van der Waals surface area contributed by atoms with E-state index >= 15 is 0 Å². The van der Waals surface area contributed by atoms with E-state index in [4.69, 9.17) is 0 Å². The summed E-state index contributed by atoms with van der Waals surface area (Å²) in [5.74, 6) is 0.988. The van der Waals surface area contributed by atoms with Gasteiger partial charge in [0.05, 0.1) is 17.7 Å². The van der Waals surface area contributed by atoms with Crippen LogP contribution < -0.4 is 4.90 Å². The van der Waals surface area contributed by atoms with E-state index in [1.165, 1.54) is 10.4 Å². The molecule has 0 fully saturated rings. The molecule has 2 rings (SSSR count). The van der Waals surface area contributed by atoms with Gasteiger partial charge in [0.2, 0.25) is 0 Å². The van der Waals surface area contributed by atoms with Crippen molar-refractivity contribution >= 4 is 33.1 Å². The third-order valence-corrected chi connectivity index (χ3v) is 4.15. The summed E-state index contributed by atoms with van der Waals surface area (Å²) in [4.78, 5) is 12.1. The first-order valence-electron chi connectivity index (χ1n) is 5.31. The molecule has 0 bridgehead atoms. The van der Waals surface area contributed by atoms with Crippen LogP contribution in [0.25, 0.3) is 0 Å². The predicted molar refractivity (Wildman–Crippen MR) is 75.8 cm³/mol. The average molecular weight is 312 g/mol. The summed E-state index contributed by atoms with van der Waals surface area (Å²) in [6.45, 7) is 2.90. The van der Waals surface area contributed by atoms with Gasteiger partial charge in [-0.2, -0.15) is 0 Å². The van der Waals surface area contributed by atoms with Gasteiger partial charge in [-0.1, -0.05) is 22.0 Å². The number of aromatic nitrogens is 2. The molecule has 17 heavy (non-hydrogen) atoms. The maximum Gasteiger partial charge on any atom is 0.128 e. The molecule has 0 aromatic carbocycles. The summed E-state index contributed by atoms with van der Waals surface area (Å²) in [6.07, 6.45) is 1.90. The fraction of sp³-hybridized carbons (Fsp3) is 0.333. The van der Waals surface area contributed by atoms with Crippen molar-refractivity contribution in [2.24, 2.45) is 0 Å². The second-order valence-corrected chi connectivity index (χ2v) is 5.38. The van der Waals surface area contributed by atoms with Crippen molar-refractivity contribution in [2.75, 3.05) is 11.9 Å². The Morgan fingerprint density at radius 1 is 1.35 bits per heavy atom. The maximum atomic E-state index is 4.44. The van der Waals surface area contributed by atoms with Crippen LogP contribution in [0, 0.1) is 6.92 Å². The topological polar surface area (TPSA) is 29.0 Å². The van der Waals surface area contributed by atoms with Crippen molar-refractivity contribution in [3.05, 3.63) is 40.0 Å². The fourth-order valence-corrected chi connectivity index (χ4v) is 2.66. The number of hydrogen-bond acceptors (Lipinski definition) is 4. The lowest BCUT2D eigenvalue weighted by Crippen LogP contribution is -2.17. The maximum absolute atomic E-state index is 4.44. The zero-order chi connectivity index (χ0) is 12.3. The normalized spacial score (nSPS) is 10.5. The van der Waals surface area contributed by atoms with Crippen molar-refractivity contribution in [1.82, 2.24) is 9.97 Å². The Labute approximate surface area is 114 Å². The third-order valence-electron chi connectivity index (χ3n) is 2.58. The summed E-state index contributed by atoms with van der Waals surface area (Å²) in [6, 6.07) is 4.14. The molecule has 0 atom stereocenters. The van der Waals surface area contributed by atoms with Crippen LogP contribution in [0.4, 0.5) is 5.82 Å². The molecule has 0 aliphatic carbocycles. The zero-order valence-electron chi connectivity index (χ0n) is 9.85. The highest BCUT2D eigenvalue weighted by atomic mass is 79.9. The van der Waals surface area contributed by atoms with Crippen LogP contribution in [-0.2, 0) is 11.9 Å². The van der Waals surface area contributed by atoms with E-state index in [2.05, 4.69) is 43.9 Å². The lowest BCUT2D eigenvalue weighted by Gasteiger charge is -2.17. The van der Waals surface area contributed by atoms with Gasteiger partial charge in [-0.05, 0) is 18.6 Å². The summed E-state index contributed by atoms with van der Waals surface area (Å²) in [5.41, 5.74) is 4.19. The number of rotatable bonds is 4. The zero-order valence-corrected chi connectivity index (χ0v) is 12.3. The first-order chi connectivity index (χ1) is 8.20. The molecule has 0 unspecified atom stereocenters. The van der Waals surface area contributed by atoms with Crippen molar-refractivity contribution in [2.45, 2.75) is 18.8 Å². The van der Waals surface area contributed by atoms with Crippen LogP contribution in [0.5, 0.6) is 0 Å². The number of halogens is 1. The number of anilines is 1. The molecule has 0 aliphatic rings. The van der Waals surface area contributed by atoms with E-state index in [-0.39, 0.29) is 0 Å². The van der Waals surface area contributed by atoms with Crippen molar-refractivity contribution in [3.63, 3.8) is 0 Å². The van der Waals surface area contributed by atoms with Crippen LogP contribution in [0.3, 0.4) is 0 Å². The molecule has 0 saturated heterocycles. The molecule has 0 saturated carbocycles. The van der Waals surface area contributed by atoms with Gasteiger partial charge in [0.15, 0.2) is 0 Å². The second kappa shape index (κ2) is 5.60. The fourth-order valence-electron chi connectivity index (χ4n) is 1.50. The number of alkyl halides is 1. The summed E-state index contributed by atoms with van der Waals surface area (Å²) >= 11 is 5.11. The van der Waals surface area contributed by atoms with Gasteiger partial charge in [-0.3, -0.25) is 0 Å². The van der Waals surface area contributed by atoms with E-state index in [1.54, 1.807) is 11.3 Å². The molecule has 0 aliphatic heterocycles. The Morgan fingerprint density at radius 3 is 2.71 bits per heavy atom. The van der Waals surface area contributed by atoms with E-state index < -0.39 is 0 Å². The monoisotopic (exact) mass is 311 g/mol. The highest BCUT2D eigenvalue weighted by Gasteiger charge is 2.07. The number of hydrogen-bond donors (Lipinski definition) is 0. The summed E-state index contributed by atoms with van der Waals surface area (Å²) in [5, 5.41) is 0.845. The number of thiazole rings is 1. The van der Waals surface area contributed by atoms with Crippen molar-refractivity contribution < 1.29 is 0 Å². The molecule has 3 nitrogen and oxygen atoms in total. The van der Waals surface area contributed by atoms with Crippen LogP contribution in [-0.4, -0.2) is 17.0 Å². The molecule has 90 valence electrons. The lowest BCUT2D eigenvalue weighted by molar-refractivity contribution is 0.900. The first kappa shape index (κ1) is 12.5. The van der Waals surface area contributed by atoms with E-state index in [0.717, 1.165) is 23.4 Å².